The van der Waals surface area contributed by atoms with Crippen LogP contribution in [0, 0.1) is 0 Å². The highest BCUT2D eigenvalue weighted by atomic mass is 15.3. The van der Waals surface area contributed by atoms with Crippen LogP contribution < -0.4 is 0 Å². The lowest BCUT2D eigenvalue weighted by atomic mass is 9.73. The van der Waals surface area contributed by atoms with Crippen LogP contribution in [0.4, 0.5) is 0 Å². The zero-order valence-corrected chi connectivity index (χ0v) is 23.1. The highest BCUT2D eigenvalue weighted by Gasteiger charge is 2.43. The Kier molecular flexibility index (Phi) is 6.57. The zero-order chi connectivity index (χ0) is 28.2. The number of nitrogens with zero attached hydrogens (tertiary/aromatic N) is 4. The number of hydrogen-bond donors (Lipinski definition) is 0. The quantitative estimate of drug-likeness (QED) is 0.184. The van der Waals surface area contributed by atoms with Crippen molar-refractivity contribution in [2.75, 3.05) is 0 Å². The fraction of sp³-hybridized carbons (Fsp3) is 0.0526. The molecule has 7 aromatic rings. The molecule has 0 aliphatic carbocycles. The molecule has 42 heavy (non-hydrogen) atoms. The Bertz CT molecular complexity index is 1630. The average molecular weight is 543 g/mol. The summed E-state index contributed by atoms with van der Waals surface area (Å²) in [5.41, 5.74) is 5.27. The van der Waals surface area contributed by atoms with Crippen LogP contribution in [0.1, 0.15) is 33.4 Å². The van der Waals surface area contributed by atoms with E-state index in [1.807, 2.05) is 24.5 Å². The van der Waals surface area contributed by atoms with E-state index in [0.29, 0.717) is 0 Å². The molecule has 4 nitrogen and oxygen atoms in total. The lowest BCUT2D eigenvalue weighted by Crippen LogP contribution is -2.40. The van der Waals surface area contributed by atoms with E-state index in [2.05, 4.69) is 167 Å². The van der Waals surface area contributed by atoms with Crippen LogP contribution in [0.5, 0.6) is 0 Å². The van der Waals surface area contributed by atoms with Crippen LogP contribution in [0.3, 0.4) is 0 Å². The van der Waals surface area contributed by atoms with Crippen molar-refractivity contribution in [1.29, 1.82) is 0 Å². The molecule has 0 atom stereocenters. The number of rotatable bonds is 8. The van der Waals surface area contributed by atoms with E-state index in [1.165, 1.54) is 0 Å². The lowest BCUT2D eigenvalue weighted by Gasteiger charge is -2.39. The van der Waals surface area contributed by atoms with Crippen molar-refractivity contribution in [2.24, 2.45) is 0 Å². The highest BCUT2D eigenvalue weighted by molar-refractivity contribution is 5.56. The molecule has 0 amide bonds. The van der Waals surface area contributed by atoms with E-state index >= 15 is 0 Å². The maximum absolute atomic E-state index is 4.88. The summed E-state index contributed by atoms with van der Waals surface area (Å²) in [6.07, 6.45) is 7.82. The smallest absolute Gasteiger partial charge is 0.137 e. The average Bonchev–Trinajstić information content (AvgIpc) is 3.81. The largest absolute Gasteiger partial charge is 0.253 e. The van der Waals surface area contributed by atoms with E-state index in [4.69, 9.17) is 10.2 Å². The molecule has 5 aromatic carbocycles. The van der Waals surface area contributed by atoms with Gasteiger partial charge in [0.25, 0.3) is 0 Å². The maximum Gasteiger partial charge on any atom is 0.137 e. The molecule has 0 N–H and O–H groups in total. The van der Waals surface area contributed by atoms with E-state index in [-0.39, 0.29) is 0 Å². The molecule has 0 unspecified atom stereocenters. The van der Waals surface area contributed by atoms with Gasteiger partial charge in [-0.15, -0.1) is 0 Å². The molecule has 0 aliphatic rings. The lowest BCUT2D eigenvalue weighted by molar-refractivity contribution is 0.446. The second-order valence-electron chi connectivity index (χ2n) is 10.4. The van der Waals surface area contributed by atoms with Gasteiger partial charge in [-0.2, -0.15) is 10.2 Å². The summed E-state index contributed by atoms with van der Waals surface area (Å²) in [4.78, 5) is 0. The van der Waals surface area contributed by atoms with Gasteiger partial charge in [-0.25, -0.2) is 0 Å². The van der Waals surface area contributed by atoms with Crippen molar-refractivity contribution < 1.29 is 0 Å². The van der Waals surface area contributed by atoms with Crippen molar-refractivity contribution in [3.8, 4) is 0 Å². The first-order chi connectivity index (χ1) is 20.8. The third-order valence-electron chi connectivity index (χ3n) is 8.16. The monoisotopic (exact) mass is 542 g/mol. The Hall–Kier alpha value is -5.48. The molecule has 7 rings (SSSR count). The van der Waals surface area contributed by atoms with Crippen LogP contribution in [0.15, 0.2) is 183 Å². The molecule has 0 saturated heterocycles. The van der Waals surface area contributed by atoms with Crippen LogP contribution in [-0.4, -0.2) is 19.6 Å². The van der Waals surface area contributed by atoms with E-state index < -0.39 is 11.1 Å². The van der Waals surface area contributed by atoms with Gasteiger partial charge < -0.3 is 0 Å². The predicted molar refractivity (Wildman–Crippen MR) is 167 cm³/mol. The first-order valence-electron chi connectivity index (χ1n) is 14.2. The van der Waals surface area contributed by atoms with Crippen LogP contribution in [0.25, 0.3) is 0 Å². The minimum Gasteiger partial charge on any atom is -0.253 e. The van der Waals surface area contributed by atoms with Gasteiger partial charge in [0.05, 0.1) is 0 Å². The summed E-state index contributed by atoms with van der Waals surface area (Å²) in [6, 6.07) is 55.5. The Morgan fingerprint density at radius 3 is 0.929 bits per heavy atom. The number of hydrogen-bond acceptors (Lipinski definition) is 2. The predicted octanol–water partition coefficient (Wildman–Crippen LogP) is 7.76. The fourth-order valence-electron chi connectivity index (χ4n) is 6.41. The van der Waals surface area contributed by atoms with Crippen molar-refractivity contribution in [1.82, 2.24) is 19.6 Å². The van der Waals surface area contributed by atoms with E-state index in [1.54, 1.807) is 0 Å². The molecule has 0 aliphatic heterocycles. The topological polar surface area (TPSA) is 35.6 Å². The molecule has 0 radical (unpaired) electrons. The molecule has 0 fully saturated rings. The normalized spacial score (nSPS) is 11.8. The Morgan fingerprint density at radius 1 is 0.333 bits per heavy atom. The standard InChI is InChI=1S/C38H30N4/c1-5-16-31(17-6-1)37(41-28-14-26-39-41,32-18-7-2-8-19-32)35-24-13-25-36(30-35)38(42-29-15-27-40-42,33-20-9-3-10-21-33)34-22-11-4-12-23-34/h1-30H. The molecular weight excluding hydrogens is 512 g/mol. The van der Waals surface area contributed by atoms with Gasteiger partial charge in [0.1, 0.15) is 11.1 Å². The van der Waals surface area contributed by atoms with Gasteiger partial charge in [0.15, 0.2) is 0 Å². The second-order valence-corrected chi connectivity index (χ2v) is 10.4. The summed E-state index contributed by atoms with van der Waals surface area (Å²) in [6.45, 7) is 0. The SMILES string of the molecule is c1ccc(C(c2ccccc2)(c2cccc(C(c3ccccc3)(c3ccccc3)n3cccn3)c2)n2cccn2)cc1. The number of aromatic nitrogens is 4. The minimum absolute atomic E-state index is 0.717. The fourth-order valence-corrected chi connectivity index (χ4v) is 6.41. The van der Waals surface area contributed by atoms with E-state index in [9.17, 15) is 0 Å². The third-order valence-corrected chi connectivity index (χ3v) is 8.16. The Morgan fingerprint density at radius 2 is 0.643 bits per heavy atom. The van der Waals surface area contributed by atoms with Crippen molar-refractivity contribution in [3.05, 3.63) is 216 Å². The first kappa shape index (κ1) is 25.5. The molecule has 4 heteroatoms. The van der Waals surface area contributed by atoms with Gasteiger partial charge in [-0.1, -0.05) is 140 Å². The van der Waals surface area contributed by atoms with Gasteiger partial charge in [-0.3, -0.25) is 9.36 Å². The van der Waals surface area contributed by atoms with Gasteiger partial charge in [-0.05, 0) is 51.6 Å². The summed E-state index contributed by atoms with van der Waals surface area (Å²) < 4.78 is 4.16. The van der Waals surface area contributed by atoms with Crippen molar-refractivity contribution in [2.45, 2.75) is 11.1 Å². The highest BCUT2D eigenvalue weighted by Crippen LogP contribution is 2.45. The summed E-state index contributed by atoms with van der Waals surface area (Å²) in [5.74, 6) is 0. The van der Waals surface area contributed by atoms with Crippen molar-refractivity contribution in [3.63, 3.8) is 0 Å². The molecule has 202 valence electrons. The second kappa shape index (κ2) is 10.8. The molecule has 0 spiro atoms. The maximum atomic E-state index is 4.88. The molecule has 0 saturated carbocycles. The van der Waals surface area contributed by atoms with Crippen molar-refractivity contribution >= 4 is 0 Å². The first-order valence-corrected chi connectivity index (χ1v) is 14.2. The third kappa shape index (κ3) is 4.00. The summed E-state index contributed by atoms with van der Waals surface area (Å²) >= 11 is 0. The van der Waals surface area contributed by atoms with Gasteiger partial charge in [0.2, 0.25) is 0 Å². The molecule has 2 heterocycles. The molecular formula is C38H30N4. The minimum atomic E-state index is -0.717. The zero-order valence-electron chi connectivity index (χ0n) is 23.1. The Balaban J connectivity index is 1.59. The summed E-state index contributed by atoms with van der Waals surface area (Å²) in [7, 11) is 0. The molecule has 0 bridgehead atoms. The number of benzene rings is 5. The Labute approximate surface area is 246 Å². The van der Waals surface area contributed by atoms with Gasteiger partial charge >= 0.3 is 0 Å². The molecule has 2 aromatic heterocycles. The van der Waals surface area contributed by atoms with Crippen LogP contribution in [0.2, 0.25) is 0 Å². The van der Waals surface area contributed by atoms with E-state index in [0.717, 1.165) is 33.4 Å². The van der Waals surface area contributed by atoms with Gasteiger partial charge in [0, 0.05) is 24.8 Å². The van der Waals surface area contributed by atoms with Crippen LogP contribution >= 0.6 is 0 Å². The summed E-state index contributed by atoms with van der Waals surface area (Å²) in [5, 5.41) is 9.75. The van der Waals surface area contributed by atoms with Crippen LogP contribution in [-0.2, 0) is 11.1 Å².